The Morgan fingerprint density at radius 1 is 1.36 bits per heavy atom. The van der Waals surface area contributed by atoms with E-state index in [1.165, 1.54) is 11.3 Å². The van der Waals surface area contributed by atoms with Gasteiger partial charge in [0.1, 0.15) is 17.0 Å². The lowest BCUT2D eigenvalue weighted by molar-refractivity contribution is 0.0710. The van der Waals surface area contributed by atoms with Crippen molar-refractivity contribution in [3.8, 4) is 5.82 Å². The number of rotatable bonds is 3. The Labute approximate surface area is 150 Å². The van der Waals surface area contributed by atoms with E-state index in [-0.39, 0.29) is 11.8 Å². The third kappa shape index (κ3) is 3.19. The van der Waals surface area contributed by atoms with Gasteiger partial charge in [0.05, 0.1) is 11.2 Å². The van der Waals surface area contributed by atoms with E-state index >= 15 is 0 Å². The maximum Gasteiger partial charge on any atom is 0.265 e. The molecule has 0 bridgehead atoms. The van der Waals surface area contributed by atoms with Gasteiger partial charge in [0, 0.05) is 37.1 Å². The van der Waals surface area contributed by atoms with Crippen molar-refractivity contribution in [1.82, 2.24) is 24.4 Å². The average Bonchev–Trinajstić information content (AvgIpc) is 3.33. The van der Waals surface area contributed by atoms with Crippen molar-refractivity contribution >= 4 is 17.2 Å². The number of likely N-dealkylation sites (tertiary alicyclic amines) is 1. The first-order chi connectivity index (χ1) is 12.2. The summed E-state index contributed by atoms with van der Waals surface area (Å²) in [6.07, 6.45) is 7.41. The predicted molar refractivity (Wildman–Crippen MR) is 96.1 cm³/mol. The predicted octanol–water partition coefficient (Wildman–Crippen LogP) is 3.05. The van der Waals surface area contributed by atoms with Crippen molar-refractivity contribution < 1.29 is 4.79 Å². The first-order valence-corrected chi connectivity index (χ1v) is 9.25. The number of carbonyl (C=O) groups excluding carboxylic acids is 1. The van der Waals surface area contributed by atoms with Crippen molar-refractivity contribution in [3.63, 3.8) is 0 Å². The van der Waals surface area contributed by atoms with Crippen LogP contribution in [0, 0.1) is 6.92 Å². The number of hydrogen-bond donors (Lipinski definition) is 0. The van der Waals surface area contributed by atoms with E-state index in [9.17, 15) is 4.79 Å². The highest BCUT2D eigenvalue weighted by atomic mass is 32.1. The van der Waals surface area contributed by atoms with Crippen LogP contribution in [0.15, 0.2) is 42.4 Å². The first kappa shape index (κ1) is 16.0. The third-order valence-corrected chi connectivity index (χ3v) is 5.51. The Morgan fingerprint density at radius 3 is 3.04 bits per heavy atom. The molecule has 1 aliphatic heterocycles. The fourth-order valence-corrected chi connectivity index (χ4v) is 4.03. The Balaban J connectivity index is 1.55. The van der Waals surface area contributed by atoms with Crippen LogP contribution < -0.4 is 0 Å². The highest BCUT2D eigenvalue weighted by Gasteiger charge is 2.28. The summed E-state index contributed by atoms with van der Waals surface area (Å²) in [4.78, 5) is 28.5. The molecule has 1 amide bonds. The molecule has 0 N–H and O–H groups in total. The van der Waals surface area contributed by atoms with Gasteiger partial charge in [0.2, 0.25) is 0 Å². The van der Waals surface area contributed by atoms with E-state index in [4.69, 9.17) is 4.98 Å². The zero-order chi connectivity index (χ0) is 17.2. The lowest BCUT2D eigenvalue weighted by atomic mass is 9.94. The Bertz CT molecular complexity index is 873. The van der Waals surface area contributed by atoms with Gasteiger partial charge in [-0.05, 0) is 31.9 Å². The number of aryl methyl sites for hydroxylation is 1. The molecule has 1 unspecified atom stereocenters. The molecule has 128 valence electrons. The minimum atomic E-state index is 0.0930. The van der Waals surface area contributed by atoms with E-state index in [1.807, 2.05) is 34.7 Å². The molecular formula is C18H19N5OS. The maximum atomic E-state index is 12.8. The molecule has 0 spiro atoms. The van der Waals surface area contributed by atoms with Crippen molar-refractivity contribution in [2.75, 3.05) is 13.1 Å². The summed E-state index contributed by atoms with van der Waals surface area (Å²) in [5.74, 6) is 1.21. The minimum absolute atomic E-state index is 0.0930. The van der Waals surface area contributed by atoms with Gasteiger partial charge in [-0.3, -0.25) is 9.36 Å². The molecule has 3 aromatic heterocycles. The van der Waals surface area contributed by atoms with Crippen LogP contribution >= 0.6 is 11.3 Å². The fourth-order valence-electron chi connectivity index (χ4n) is 3.26. The quantitative estimate of drug-likeness (QED) is 0.726. The van der Waals surface area contributed by atoms with E-state index in [0.717, 1.165) is 41.5 Å². The zero-order valence-corrected chi connectivity index (χ0v) is 14.8. The summed E-state index contributed by atoms with van der Waals surface area (Å²) in [6, 6.07) is 6.04. The first-order valence-electron chi connectivity index (χ1n) is 8.37. The maximum absolute atomic E-state index is 12.8. The van der Waals surface area contributed by atoms with Gasteiger partial charge in [-0.15, -0.1) is 11.3 Å². The molecule has 0 aromatic carbocycles. The number of aromatic nitrogens is 4. The number of hydrogen-bond acceptors (Lipinski definition) is 5. The summed E-state index contributed by atoms with van der Waals surface area (Å²) < 4.78 is 1.90. The smallest absolute Gasteiger partial charge is 0.265 e. The number of carbonyl (C=O) groups is 1. The molecule has 1 atom stereocenters. The van der Waals surface area contributed by atoms with Gasteiger partial charge >= 0.3 is 0 Å². The van der Waals surface area contributed by atoms with Gasteiger partial charge in [0.25, 0.3) is 5.91 Å². The van der Waals surface area contributed by atoms with Crippen LogP contribution in [0.1, 0.15) is 39.8 Å². The van der Waals surface area contributed by atoms with Crippen LogP contribution in [0.25, 0.3) is 5.82 Å². The second-order valence-corrected chi connectivity index (χ2v) is 7.10. The van der Waals surface area contributed by atoms with E-state index in [2.05, 4.69) is 16.0 Å². The Hall–Kier alpha value is -2.54. The molecule has 0 radical (unpaired) electrons. The molecule has 25 heavy (non-hydrogen) atoms. The molecule has 7 heteroatoms. The van der Waals surface area contributed by atoms with Crippen LogP contribution in [0.5, 0.6) is 0 Å². The van der Waals surface area contributed by atoms with Crippen LogP contribution in [0.4, 0.5) is 0 Å². The van der Waals surface area contributed by atoms with Crippen LogP contribution in [-0.4, -0.2) is 43.4 Å². The van der Waals surface area contributed by atoms with E-state index in [1.54, 1.807) is 18.0 Å². The molecule has 1 fully saturated rings. The standard InChI is InChI=1S/C18H19N5OS/c1-13-17(25-12-20-13)18(24)22-8-3-4-14(10-22)15-5-2-6-16(21-15)23-9-7-19-11-23/h2,5-7,9,11-12,14H,3-4,8,10H2,1H3. The summed E-state index contributed by atoms with van der Waals surface area (Å²) >= 11 is 1.42. The monoisotopic (exact) mass is 353 g/mol. The summed E-state index contributed by atoms with van der Waals surface area (Å²) in [6.45, 7) is 3.39. The number of thiazole rings is 1. The Morgan fingerprint density at radius 2 is 2.28 bits per heavy atom. The molecule has 0 saturated carbocycles. The lowest BCUT2D eigenvalue weighted by Crippen LogP contribution is -2.39. The Kier molecular flexibility index (Phi) is 4.31. The largest absolute Gasteiger partial charge is 0.337 e. The highest BCUT2D eigenvalue weighted by molar-refractivity contribution is 7.11. The molecular weight excluding hydrogens is 334 g/mol. The highest BCUT2D eigenvalue weighted by Crippen LogP contribution is 2.28. The fraction of sp³-hybridized carbons (Fsp3) is 0.333. The number of piperidine rings is 1. The minimum Gasteiger partial charge on any atom is -0.337 e. The van der Waals surface area contributed by atoms with Gasteiger partial charge in [-0.1, -0.05) is 6.07 Å². The third-order valence-electron chi connectivity index (χ3n) is 4.59. The van der Waals surface area contributed by atoms with E-state index < -0.39 is 0 Å². The molecule has 4 heterocycles. The van der Waals surface area contributed by atoms with Crippen LogP contribution in [0.2, 0.25) is 0 Å². The number of amides is 1. The molecule has 3 aromatic rings. The summed E-state index contributed by atoms with van der Waals surface area (Å²) in [7, 11) is 0. The van der Waals surface area contributed by atoms with Crippen molar-refractivity contribution in [2.24, 2.45) is 0 Å². The molecule has 1 saturated heterocycles. The van der Waals surface area contributed by atoms with Gasteiger partial charge in [-0.2, -0.15) is 0 Å². The number of nitrogens with zero attached hydrogens (tertiary/aromatic N) is 5. The summed E-state index contributed by atoms with van der Waals surface area (Å²) in [5, 5.41) is 0. The molecule has 4 rings (SSSR count). The number of imidazole rings is 1. The van der Waals surface area contributed by atoms with Gasteiger partial charge in [0.15, 0.2) is 0 Å². The molecule has 1 aliphatic rings. The van der Waals surface area contributed by atoms with Crippen molar-refractivity contribution in [3.05, 3.63) is 58.7 Å². The molecule has 0 aliphatic carbocycles. The SMILES string of the molecule is Cc1ncsc1C(=O)N1CCCC(c2cccc(-n3ccnc3)n2)C1. The van der Waals surface area contributed by atoms with E-state index in [0.29, 0.717) is 6.54 Å². The summed E-state index contributed by atoms with van der Waals surface area (Å²) in [5.41, 5.74) is 3.59. The van der Waals surface area contributed by atoms with Crippen molar-refractivity contribution in [2.45, 2.75) is 25.7 Å². The lowest BCUT2D eigenvalue weighted by Gasteiger charge is -2.32. The second kappa shape index (κ2) is 6.76. The number of pyridine rings is 1. The van der Waals surface area contributed by atoms with Crippen LogP contribution in [-0.2, 0) is 0 Å². The normalized spacial score (nSPS) is 17.6. The van der Waals surface area contributed by atoms with Gasteiger partial charge < -0.3 is 4.90 Å². The zero-order valence-electron chi connectivity index (χ0n) is 14.0. The second-order valence-electron chi connectivity index (χ2n) is 6.25. The molecule has 6 nitrogen and oxygen atoms in total. The van der Waals surface area contributed by atoms with Gasteiger partial charge in [-0.25, -0.2) is 15.0 Å². The van der Waals surface area contributed by atoms with Crippen molar-refractivity contribution in [1.29, 1.82) is 0 Å². The average molecular weight is 353 g/mol. The van der Waals surface area contributed by atoms with Crippen LogP contribution in [0.3, 0.4) is 0 Å². The topological polar surface area (TPSA) is 63.9 Å².